The van der Waals surface area contributed by atoms with Crippen LogP contribution in [0.2, 0.25) is 0 Å². The Kier molecular flexibility index (Phi) is 6.30. The number of esters is 2. The average molecular weight is 452 g/mol. The molecular weight excluding hydrogens is 426 g/mol. The minimum Gasteiger partial charge on any atom is -0.468 e. The first-order chi connectivity index (χ1) is 15.5. The van der Waals surface area contributed by atoms with Crippen molar-refractivity contribution in [3.05, 3.63) is 88.1 Å². The van der Waals surface area contributed by atoms with Crippen molar-refractivity contribution in [3.63, 3.8) is 0 Å². The van der Waals surface area contributed by atoms with Gasteiger partial charge in [0.2, 0.25) is 0 Å². The molecule has 1 fully saturated rings. The molecule has 0 unspecified atom stereocenters. The van der Waals surface area contributed by atoms with Crippen LogP contribution in [0.15, 0.2) is 72.1 Å². The number of methoxy groups -OCH3 is 2. The summed E-state index contributed by atoms with van der Waals surface area (Å²) >= 11 is 1.51. The molecule has 0 spiro atoms. The lowest BCUT2D eigenvalue weighted by molar-refractivity contribution is -0.186. The highest BCUT2D eigenvalue weighted by atomic mass is 32.1. The second-order valence-electron chi connectivity index (χ2n) is 7.74. The van der Waals surface area contributed by atoms with E-state index in [0.717, 1.165) is 21.7 Å². The Bertz CT molecular complexity index is 1050. The summed E-state index contributed by atoms with van der Waals surface area (Å²) in [6, 6.07) is 20.2. The molecule has 0 N–H and O–H groups in total. The Labute approximate surface area is 191 Å². The van der Waals surface area contributed by atoms with Crippen molar-refractivity contribution in [1.82, 2.24) is 0 Å². The molecular formula is C25H25NO5S. The van der Waals surface area contributed by atoms with Crippen LogP contribution in [0.1, 0.15) is 34.6 Å². The number of hydrogen-bond acceptors (Lipinski definition) is 7. The molecule has 2 heterocycles. The summed E-state index contributed by atoms with van der Waals surface area (Å²) in [5.74, 6) is -1.31. The second kappa shape index (κ2) is 9.14. The van der Waals surface area contributed by atoms with Gasteiger partial charge in [-0.25, -0.2) is 5.06 Å². The van der Waals surface area contributed by atoms with E-state index in [9.17, 15) is 9.59 Å². The number of aryl methyl sites for hydroxylation is 1. The fourth-order valence-electron chi connectivity index (χ4n) is 4.26. The van der Waals surface area contributed by atoms with Gasteiger partial charge in [-0.2, -0.15) is 0 Å². The summed E-state index contributed by atoms with van der Waals surface area (Å²) in [5.41, 5.74) is 0.920. The number of benzene rings is 2. The van der Waals surface area contributed by atoms with Crippen molar-refractivity contribution in [2.75, 3.05) is 19.3 Å². The van der Waals surface area contributed by atoms with Crippen molar-refractivity contribution in [2.24, 2.45) is 5.41 Å². The summed E-state index contributed by atoms with van der Waals surface area (Å²) in [7, 11) is 2.59. The monoisotopic (exact) mass is 451 g/mol. The first-order valence-electron chi connectivity index (χ1n) is 10.3. The van der Waals surface area contributed by atoms with Crippen LogP contribution in [0.5, 0.6) is 0 Å². The van der Waals surface area contributed by atoms with Gasteiger partial charge >= 0.3 is 11.9 Å². The van der Waals surface area contributed by atoms with E-state index in [1.807, 2.05) is 79.0 Å². The molecule has 0 radical (unpaired) electrons. The molecule has 1 aromatic heterocycles. The number of carbonyl (C=O) groups is 2. The van der Waals surface area contributed by atoms with Crippen LogP contribution in [-0.4, -0.2) is 26.2 Å². The molecule has 0 bridgehead atoms. The molecule has 0 saturated carbocycles. The van der Waals surface area contributed by atoms with Crippen LogP contribution in [0.3, 0.4) is 0 Å². The number of thiophene rings is 1. The van der Waals surface area contributed by atoms with Gasteiger partial charge < -0.3 is 9.47 Å². The Morgan fingerprint density at radius 2 is 1.62 bits per heavy atom. The van der Waals surface area contributed by atoms with Gasteiger partial charge in [-0.15, -0.1) is 11.3 Å². The molecule has 1 aliphatic heterocycles. The highest BCUT2D eigenvalue weighted by molar-refractivity contribution is 7.10. The predicted octanol–water partition coefficient (Wildman–Crippen LogP) is 5.01. The normalized spacial score (nSPS) is 19.9. The Hall–Kier alpha value is -3.16. The van der Waals surface area contributed by atoms with Gasteiger partial charge in [-0.1, -0.05) is 54.1 Å². The number of ether oxygens (including phenoxy) is 2. The molecule has 2 aromatic carbocycles. The summed E-state index contributed by atoms with van der Waals surface area (Å²) in [5, 5.41) is 3.60. The summed E-state index contributed by atoms with van der Waals surface area (Å²) in [6.45, 7) is 2.00. The van der Waals surface area contributed by atoms with E-state index in [1.165, 1.54) is 25.6 Å². The SMILES string of the molecule is COC(=O)C1(C(=O)OC)C[C@H](c2cccs2)ON(c2ccc(C)cc2)[C@@H]1c1ccccc1. The van der Waals surface area contributed by atoms with Crippen LogP contribution in [0, 0.1) is 12.3 Å². The number of nitrogens with zero attached hydrogens (tertiary/aromatic N) is 1. The van der Waals surface area contributed by atoms with E-state index >= 15 is 0 Å². The smallest absolute Gasteiger partial charge is 0.325 e. The van der Waals surface area contributed by atoms with Gasteiger partial charge in [0, 0.05) is 11.3 Å². The lowest BCUT2D eigenvalue weighted by Crippen LogP contribution is -2.56. The van der Waals surface area contributed by atoms with Crippen LogP contribution in [0.25, 0.3) is 0 Å². The van der Waals surface area contributed by atoms with E-state index < -0.39 is 29.5 Å². The number of rotatable bonds is 5. The molecule has 7 heteroatoms. The molecule has 32 heavy (non-hydrogen) atoms. The van der Waals surface area contributed by atoms with Crippen LogP contribution in [0.4, 0.5) is 5.69 Å². The summed E-state index contributed by atoms with van der Waals surface area (Å²) in [6.07, 6.45) is -0.441. The van der Waals surface area contributed by atoms with Crippen molar-refractivity contribution < 1.29 is 23.9 Å². The molecule has 1 saturated heterocycles. The molecule has 0 amide bonds. The van der Waals surface area contributed by atoms with Gasteiger partial charge in [0.1, 0.15) is 12.1 Å². The molecule has 0 aliphatic carbocycles. The third-order valence-electron chi connectivity index (χ3n) is 5.81. The maximum Gasteiger partial charge on any atom is 0.325 e. The lowest BCUT2D eigenvalue weighted by atomic mass is 9.71. The Morgan fingerprint density at radius 3 is 2.19 bits per heavy atom. The minimum atomic E-state index is -1.64. The van der Waals surface area contributed by atoms with Crippen LogP contribution in [-0.2, 0) is 23.9 Å². The zero-order chi connectivity index (χ0) is 22.7. The maximum atomic E-state index is 13.4. The van der Waals surface area contributed by atoms with Gasteiger partial charge in [0.25, 0.3) is 0 Å². The fourth-order valence-corrected chi connectivity index (χ4v) is 5.01. The lowest BCUT2D eigenvalue weighted by Gasteiger charge is -2.49. The molecule has 2 atom stereocenters. The first-order valence-corrected chi connectivity index (χ1v) is 11.2. The molecule has 3 aromatic rings. The average Bonchev–Trinajstić information content (AvgIpc) is 3.38. The maximum absolute atomic E-state index is 13.4. The Morgan fingerprint density at radius 1 is 0.969 bits per heavy atom. The van der Waals surface area contributed by atoms with Gasteiger partial charge in [0.15, 0.2) is 5.41 Å². The van der Waals surface area contributed by atoms with E-state index in [1.54, 1.807) is 5.06 Å². The molecule has 166 valence electrons. The van der Waals surface area contributed by atoms with Crippen molar-refractivity contribution in [3.8, 4) is 0 Å². The van der Waals surface area contributed by atoms with E-state index in [4.69, 9.17) is 14.3 Å². The van der Waals surface area contributed by atoms with Crippen molar-refractivity contribution in [1.29, 1.82) is 0 Å². The summed E-state index contributed by atoms with van der Waals surface area (Å²) in [4.78, 5) is 34.2. The second-order valence-corrected chi connectivity index (χ2v) is 8.72. The third-order valence-corrected chi connectivity index (χ3v) is 6.78. The predicted molar refractivity (Wildman–Crippen MR) is 122 cm³/mol. The topological polar surface area (TPSA) is 65.1 Å². The molecule has 6 nitrogen and oxygen atoms in total. The highest BCUT2D eigenvalue weighted by Gasteiger charge is 2.62. The zero-order valence-electron chi connectivity index (χ0n) is 18.2. The number of anilines is 1. The van der Waals surface area contributed by atoms with Gasteiger partial charge in [-0.3, -0.25) is 14.4 Å². The minimum absolute atomic E-state index is 0.0920. The van der Waals surface area contributed by atoms with Gasteiger partial charge in [0.05, 0.1) is 19.9 Å². The number of hydrogen-bond donors (Lipinski definition) is 0. The van der Waals surface area contributed by atoms with Crippen LogP contribution < -0.4 is 5.06 Å². The van der Waals surface area contributed by atoms with Gasteiger partial charge in [-0.05, 0) is 36.1 Å². The largest absolute Gasteiger partial charge is 0.468 e. The van der Waals surface area contributed by atoms with Crippen molar-refractivity contribution >= 4 is 29.0 Å². The Balaban J connectivity index is 1.97. The van der Waals surface area contributed by atoms with E-state index in [-0.39, 0.29) is 6.42 Å². The zero-order valence-corrected chi connectivity index (χ0v) is 19.0. The van der Waals surface area contributed by atoms with E-state index in [2.05, 4.69) is 0 Å². The summed E-state index contributed by atoms with van der Waals surface area (Å²) < 4.78 is 10.4. The molecule has 1 aliphatic rings. The quantitative estimate of drug-likeness (QED) is 0.401. The molecule has 4 rings (SSSR count). The van der Waals surface area contributed by atoms with Crippen molar-refractivity contribution in [2.45, 2.75) is 25.5 Å². The number of carbonyl (C=O) groups excluding carboxylic acids is 2. The number of hydroxylamine groups is 1. The third kappa shape index (κ3) is 3.78. The van der Waals surface area contributed by atoms with Crippen LogP contribution >= 0.6 is 11.3 Å². The highest BCUT2D eigenvalue weighted by Crippen LogP contribution is 2.54. The van der Waals surface area contributed by atoms with E-state index in [0.29, 0.717) is 0 Å². The fraction of sp³-hybridized carbons (Fsp3) is 0.280. The first kappa shape index (κ1) is 22.0. The standard InChI is InChI=1S/C25H25NO5S/c1-17-11-13-19(14-12-17)26-22(18-8-5-4-6-9-18)25(23(27)29-2,24(28)30-3)16-20(31-26)21-10-7-15-32-21/h4-15,20,22H,16H2,1-3H3/t20-,22-/m1/s1.